The molecule has 0 atom stereocenters. The minimum atomic E-state index is -0.000597. The summed E-state index contributed by atoms with van der Waals surface area (Å²) >= 11 is 3.07. The summed E-state index contributed by atoms with van der Waals surface area (Å²) in [7, 11) is 0. The molecule has 1 aliphatic heterocycles. The van der Waals surface area contributed by atoms with Crippen molar-refractivity contribution in [1.82, 2.24) is 30.1 Å². The van der Waals surface area contributed by atoms with E-state index in [1.807, 2.05) is 41.5 Å². The van der Waals surface area contributed by atoms with Gasteiger partial charge >= 0.3 is 0 Å². The summed E-state index contributed by atoms with van der Waals surface area (Å²) in [5.41, 5.74) is 1.45. The largest absolute Gasteiger partial charge is 0.361 e. The van der Waals surface area contributed by atoms with Gasteiger partial charge in [0.2, 0.25) is 11.7 Å². The number of rotatable bonds is 7. The van der Waals surface area contributed by atoms with Gasteiger partial charge in [-0.15, -0.1) is 11.3 Å². The van der Waals surface area contributed by atoms with Crippen LogP contribution in [0, 0.1) is 6.92 Å². The van der Waals surface area contributed by atoms with Gasteiger partial charge in [0.15, 0.2) is 0 Å². The van der Waals surface area contributed by atoms with E-state index in [2.05, 4.69) is 25.2 Å². The van der Waals surface area contributed by atoms with Crippen molar-refractivity contribution in [1.29, 1.82) is 0 Å². The van der Waals surface area contributed by atoms with Gasteiger partial charge in [0.1, 0.15) is 10.8 Å². The minimum absolute atomic E-state index is 0.000597. The van der Waals surface area contributed by atoms with Crippen molar-refractivity contribution in [2.75, 3.05) is 26.2 Å². The first-order chi connectivity index (χ1) is 16.2. The summed E-state index contributed by atoms with van der Waals surface area (Å²) in [5, 5.41) is 10.8. The molecule has 0 bridgehead atoms. The Kier molecular flexibility index (Phi) is 6.51. The molecule has 0 saturated carbocycles. The number of hydrogen-bond acceptors (Lipinski definition) is 10. The maximum atomic E-state index is 13.2. The summed E-state index contributed by atoms with van der Waals surface area (Å²) in [6.07, 6.45) is 1.71. The molecule has 0 radical (unpaired) electrons. The van der Waals surface area contributed by atoms with Crippen LogP contribution in [0.4, 0.5) is 0 Å². The molecule has 33 heavy (non-hydrogen) atoms. The topological polar surface area (TPSA) is 101 Å². The summed E-state index contributed by atoms with van der Waals surface area (Å²) in [6.45, 7) is 5.18. The van der Waals surface area contributed by atoms with E-state index in [1.165, 1.54) is 11.8 Å². The Hall–Kier alpha value is -3.02. The first-order valence-corrected chi connectivity index (χ1v) is 12.4. The second kappa shape index (κ2) is 9.86. The Bertz CT molecular complexity index is 1210. The van der Waals surface area contributed by atoms with E-state index in [4.69, 9.17) is 9.05 Å². The van der Waals surface area contributed by atoms with Crippen LogP contribution in [0.5, 0.6) is 0 Å². The number of aromatic nitrogens is 4. The van der Waals surface area contributed by atoms with Crippen LogP contribution in [-0.2, 0) is 12.3 Å². The van der Waals surface area contributed by atoms with Gasteiger partial charge in [0.05, 0.1) is 22.7 Å². The number of thiophene rings is 1. The lowest BCUT2D eigenvalue weighted by atomic mass is 10.2. The molecule has 1 fully saturated rings. The number of hydrogen-bond donors (Lipinski definition) is 0. The van der Waals surface area contributed by atoms with Crippen LogP contribution < -0.4 is 0 Å². The van der Waals surface area contributed by atoms with Gasteiger partial charge in [0, 0.05) is 44.2 Å². The molecule has 4 aromatic heterocycles. The van der Waals surface area contributed by atoms with Crippen LogP contribution in [-0.4, -0.2) is 62.2 Å². The number of pyridine rings is 1. The highest BCUT2D eigenvalue weighted by atomic mass is 32.2. The molecule has 0 spiro atoms. The van der Waals surface area contributed by atoms with Gasteiger partial charge in [0.25, 0.3) is 5.91 Å². The molecule has 4 aromatic rings. The minimum Gasteiger partial charge on any atom is -0.361 e. The van der Waals surface area contributed by atoms with Crippen molar-refractivity contribution < 1.29 is 13.8 Å². The lowest BCUT2D eigenvalue weighted by Gasteiger charge is -2.34. The maximum Gasteiger partial charge on any atom is 0.256 e. The number of piperazine rings is 1. The summed E-state index contributed by atoms with van der Waals surface area (Å²) in [5.74, 6) is 2.58. The number of amides is 1. The van der Waals surface area contributed by atoms with E-state index in [0.717, 1.165) is 29.4 Å². The Morgan fingerprint density at radius 3 is 2.79 bits per heavy atom. The van der Waals surface area contributed by atoms with Crippen molar-refractivity contribution in [2.24, 2.45) is 0 Å². The molecular formula is C22H22N6O3S2. The molecule has 170 valence electrons. The molecule has 0 aliphatic carbocycles. The van der Waals surface area contributed by atoms with E-state index in [9.17, 15) is 4.79 Å². The molecule has 1 aliphatic rings. The molecule has 5 rings (SSSR count). The quantitative estimate of drug-likeness (QED) is 0.365. The smallest absolute Gasteiger partial charge is 0.256 e. The third kappa shape index (κ3) is 5.15. The molecule has 0 unspecified atom stereocenters. The predicted octanol–water partition coefficient (Wildman–Crippen LogP) is 3.74. The lowest BCUT2D eigenvalue weighted by molar-refractivity contribution is 0.0611. The zero-order valence-corrected chi connectivity index (χ0v) is 19.6. The SMILES string of the molecule is Cc1cc(CSc2ncccc2C(=O)N2CCN(Cc3nc(-c4cccs4)no3)CC2)no1. The van der Waals surface area contributed by atoms with Crippen molar-refractivity contribution in [2.45, 2.75) is 24.2 Å². The van der Waals surface area contributed by atoms with E-state index in [0.29, 0.717) is 47.7 Å². The van der Waals surface area contributed by atoms with E-state index >= 15 is 0 Å². The fraction of sp³-hybridized carbons (Fsp3) is 0.318. The Balaban J connectivity index is 1.17. The zero-order chi connectivity index (χ0) is 22.6. The molecule has 0 N–H and O–H groups in total. The van der Waals surface area contributed by atoms with Crippen LogP contribution in [0.1, 0.15) is 27.7 Å². The van der Waals surface area contributed by atoms with Gasteiger partial charge in [-0.1, -0.05) is 28.1 Å². The van der Waals surface area contributed by atoms with Gasteiger partial charge in [-0.25, -0.2) is 4.98 Å². The third-order valence-corrected chi connectivity index (χ3v) is 7.17. The first kappa shape index (κ1) is 21.8. The molecule has 1 saturated heterocycles. The molecule has 11 heteroatoms. The maximum absolute atomic E-state index is 13.2. The van der Waals surface area contributed by atoms with E-state index < -0.39 is 0 Å². The normalized spacial score (nSPS) is 14.6. The number of thioether (sulfide) groups is 1. The van der Waals surface area contributed by atoms with E-state index in [1.54, 1.807) is 23.6 Å². The van der Waals surface area contributed by atoms with Gasteiger partial charge in [-0.3, -0.25) is 9.69 Å². The Labute approximate surface area is 198 Å². The Morgan fingerprint density at radius 2 is 2.03 bits per heavy atom. The highest BCUT2D eigenvalue weighted by molar-refractivity contribution is 7.98. The number of carbonyl (C=O) groups is 1. The highest BCUT2D eigenvalue weighted by Crippen LogP contribution is 2.26. The van der Waals surface area contributed by atoms with Crippen molar-refractivity contribution >= 4 is 29.0 Å². The average molecular weight is 483 g/mol. The molecule has 0 aromatic carbocycles. The third-order valence-electron chi connectivity index (χ3n) is 5.26. The van der Waals surface area contributed by atoms with Gasteiger partial charge < -0.3 is 13.9 Å². The fourth-order valence-electron chi connectivity index (χ4n) is 3.59. The second-order valence-electron chi connectivity index (χ2n) is 7.63. The van der Waals surface area contributed by atoms with Crippen LogP contribution in [0.15, 0.2) is 56.0 Å². The van der Waals surface area contributed by atoms with Crippen LogP contribution in [0.3, 0.4) is 0 Å². The lowest BCUT2D eigenvalue weighted by Crippen LogP contribution is -2.48. The van der Waals surface area contributed by atoms with E-state index in [-0.39, 0.29) is 5.91 Å². The van der Waals surface area contributed by atoms with Crippen molar-refractivity contribution in [3.8, 4) is 10.7 Å². The average Bonchev–Trinajstić information content (AvgIpc) is 3.60. The van der Waals surface area contributed by atoms with Crippen LogP contribution in [0.2, 0.25) is 0 Å². The zero-order valence-electron chi connectivity index (χ0n) is 18.0. The molecule has 1 amide bonds. The van der Waals surface area contributed by atoms with Gasteiger partial charge in [-0.05, 0) is 30.5 Å². The van der Waals surface area contributed by atoms with Crippen molar-refractivity contribution in [3.63, 3.8) is 0 Å². The highest BCUT2D eigenvalue weighted by Gasteiger charge is 2.25. The van der Waals surface area contributed by atoms with Crippen molar-refractivity contribution in [3.05, 3.63) is 64.8 Å². The number of carbonyl (C=O) groups excluding carboxylic acids is 1. The Morgan fingerprint density at radius 1 is 1.15 bits per heavy atom. The van der Waals surface area contributed by atoms with Crippen LogP contribution >= 0.6 is 23.1 Å². The molecular weight excluding hydrogens is 460 g/mol. The van der Waals surface area contributed by atoms with Crippen LogP contribution in [0.25, 0.3) is 10.7 Å². The first-order valence-electron chi connectivity index (χ1n) is 10.5. The standard InChI is InChI=1S/C22H22N6O3S2/c1-15-12-16(25-30-15)14-33-21-17(4-2-6-23-21)22(29)28-9-7-27(8-10-28)13-19-24-20(26-31-19)18-5-3-11-32-18/h2-6,11-12H,7-10,13-14H2,1H3. The molecule has 5 heterocycles. The van der Waals surface area contributed by atoms with Gasteiger partial charge in [-0.2, -0.15) is 4.98 Å². The second-order valence-corrected chi connectivity index (χ2v) is 9.54. The summed E-state index contributed by atoms with van der Waals surface area (Å²) < 4.78 is 10.5. The number of nitrogens with zero attached hydrogens (tertiary/aromatic N) is 6. The monoisotopic (exact) mass is 482 g/mol. The fourth-order valence-corrected chi connectivity index (χ4v) is 5.11. The number of aryl methyl sites for hydroxylation is 1. The predicted molar refractivity (Wildman–Crippen MR) is 124 cm³/mol. The molecule has 9 nitrogen and oxygen atoms in total. The summed E-state index contributed by atoms with van der Waals surface area (Å²) in [6, 6.07) is 9.47. The summed E-state index contributed by atoms with van der Waals surface area (Å²) in [4.78, 5) is 27.2.